The van der Waals surface area contributed by atoms with E-state index in [1.807, 2.05) is 0 Å². The Bertz CT molecular complexity index is 447. The van der Waals surface area contributed by atoms with Crippen LogP contribution in [0.1, 0.15) is 0 Å². The molecule has 7 heteroatoms. The van der Waals surface area contributed by atoms with Gasteiger partial charge in [0, 0.05) is 15.7 Å². The average molecular weight is 334 g/mol. The first-order valence-corrected chi connectivity index (χ1v) is 7.53. The van der Waals surface area contributed by atoms with Gasteiger partial charge in [-0.1, -0.05) is 11.6 Å². The summed E-state index contributed by atoms with van der Waals surface area (Å²) in [6.45, 7) is -0.00915. The largest absolute Gasteiger partial charge is 0.491 e. The van der Waals surface area contributed by atoms with E-state index in [0.29, 0.717) is 15.2 Å². The van der Waals surface area contributed by atoms with Gasteiger partial charge >= 0.3 is 0 Å². The first-order valence-electron chi connectivity index (χ1n) is 3.89. The predicted octanol–water partition coefficient (Wildman–Crippen LogP) is 3.05. The number of hydrogen-bond donors (Lipinski definition) is 0. The second-order valence-corrected chi connectivity index (χ2v) is 6.85. The van der Waals surface area contributed by atoms with Crippen LogP contribution in [-0.4, -0.2) is 20.8 Å². The van der Waals surface area contributed by atoms with Crippen molar-refractivity contribution in [1.82, 2.24) is 0 Å². The van der Waals surface area contributed by atoms with Crippen molar-refractivity contribution < 1.29 is 13.2 Å². The van der Waals surface area contributed by atoms with Crippen molar-refractivity contribution in [3.63, 3.8) is 0 Å². The smallest absolute Gasteiger partial charge is 0.235 e. The van der Waals surface area contributed by atoms with Crippen LogP contribution in [0.2, 0.25) is 5.02 Å². The molecule has 0 bridgehead atoms. The van der Waals surface area contributed by atoms with Crippen molar-refractivity contribution in [2.75, 3.05) is 12.4 Å². The molecule has 0 aromatic heterocycles. The summed E-state index contributed by atoms with van der Waals surface area (Å²) < 4.78 is 27.1. The maximum absolute atomic E-state index is 10.6. The van der Waals surface area contributed by atoms with Gasteiger partial charge in [0.25, 0.3) is 0 Å². The SMILES string of the molecule is O=S(=O)(Cl)CCOc1cc(Cl)ccc1Br. The fourth-order valence-corrected chi connectivity index (χ4v) is 1.83. The van der Waals surface area contributed by atoms with Crippen LogP contribution in [-0.2, 0) is 9.05 Å². The zero-order valence-corrected chi connectivity index (χ0v) is 11.3. The Morgan fingerprint density at radius 1 is 1.40 bits per heavy atom. The summed E-state index contributed by atoms with van der Waals surface area (Å²) in [4.78, 5) is 0. The molecule has 0 fully saturated rings. The molecule has 0 aliphatic carbocycles. The highest BCUT2D eigenvalue weighted by Crippen LogP contribution is 2.28. The molecule has 0 unspecified atom stereocenters. The summed E-state index contributed by atoms with van der Waals surface area (Å²) in [5.74, 6) is 0.246. The molecule has 0 aliphatic rings. The van der Waals surface area contributed by atoms with Gasteiger partial charge in [-0.25, -0.2) is 8.42 Å². The molecule has 1 aromatic rings. The van der Waals surface area contributed by atoms with E-state index in [0.717, 1.165) is 0 Å². The van der Waals surface area contributed by atoms with Crippen LogP contribution in [0.15, 0.2) is 22.7 Å². The molecule has 0 heterocycles. The zero-order valence-electron chi connectivity index (χ0n) is 7.41. The number of rotatable bonds is 4. The molecule has 0 amide bonds. The van der Waals surface area contributed by atoms with Crippen molar-refractivity contribution in [1.29, 1.82) is 0 Å². The third-order valence-electron chi connectivity index (χ3n) is 1.48. The molecule has 0 aliphatic heterocycles. The number of benzene rings is 1. The van der Waals surface area contributed by atoms with E-state index in [2.05, 4.69) is 15.9 Å². The van der Waals surface area contributed by atoms with E-state index in [1.165, 1.54) is 0 Å². The molecular formula is C8H7BrCl2O3S. The lowest BCUT2D eigenvalue weighted by Gasteiger charge is -2.07. The highest BCUT2D eigenvalue weighted by molar-refractivity contribution is 9.10. The lowest BCUT2D eigenvalue weighted by molar-refractivity contribution is 0.339. The Morgan fingerprint density at radius 2 is 2.07 bits per heavy atom. The first kappa shape index (κ1) is 13.1. The summed E-state index contributed by atoms with van der Waals surface area (Å²) in [5, 5.41) is 0.516. The third-order valence-corrected chi connectivity index (χ3v) is 3.49. The molecule has 0 saturated carbocycles. The van der Waals surface area contributed by atoms with Crippen LogP contribution in [0, 0.1) is 0 Å². The fraction of sp³-hybridized carbons (Fsp3) is 0.250. The quantitative estimate of drug-likeness (QED) is 0.795. The lowest BCUT2D eigenvalue weighted by Crippen LogP contribution is -2.08. The predicted molar refractivity (Wildman–Crippen MR) is 64.3 cm³/mol. The molecule has 1 aromatic carbocycles. The van der Waals surface area contributed by atoms with Gasteiger partial charge < -0.3 is 4.74 Å². The monoisotopic (exact) mass is 332 g/mol. The van der Waals surface area contributed by atoms with Gasteiger partial charge in [0.1, 0.15) is 12.4 Å². The van der Waals surface area contributed by atoms with Crippen molar-refractivity contribution in [2.45, 2.75) is 0 Å². The molecule has 0 N–H and O–H groups in total. The summed E-state index contributed by atoms with van der Waals surface area (Å²) in [5.41, 5.74) is 0. The van der Waals surface area contributed by atoms with Crippen LogP contribution in [0.5, 0.6) is 5.75 Å². The highest BCUT2D eigenvalue weighted by atomic mass is 79.9. The number of halogens is 3. The molecule has 0 saturated heterocycles. The lowest BCUT2D eigenvalue weighted by atomic mass is 10.3. The van der Waals surface area contributed by atoms with Gasteiger partial charge in [0.05, 0.1) is 10.2 Å². The highest BCUT2D eigenvalue weighted by Gasteiger charge is 2.07. The Kier molecular flexibility index (Phi) is 4.70. The summed E-state index contributed by atoms with van der Waals surface area (Å²) in [6, 6.07) is 5.00. The Balaban J connectivity index is 2.61. The second kappa shape index (κ2) is 5.39. The normalized spacial score (nSPS) is 11.4. The third kappa shape index (κ3) is 5.06. The van der Waals surface area contributed by atoms with Crippen LogP contribution < -0.4 is 4.74 Å². The average Bonchev–Trinajstić information content (AvgIpc) is 2.09. The maximum atomic E-state index is 10.6. The van der Waals surface area contributed by atoms with Crippen molar-refractivity contribution in [2.24, 2.45) is 0 Å². The Morgan fingerprint density at radius 3 is 2.67 bits per heavy atom. The minimum absolute atomic E-state index is 0.00915. The topological polar surface area (TPSA) is 43.4 Å². The molecule has 84 valence electrons. The summed E-state index contributed by atoms with van der Waals surface area (Å²) in [6.07, 6.45) is 0. The van der Waals surface area contributed by atoms with E-state index in [1.54, 1.807) is 18.2 Å². The molecule has 1 rings (SSSR count). The van der Waals surface area contributed by atoms with Crippen molar-refractivity contribution in [3.05, 3.63) is 27.7 Å². The van der Waals surface area contributed by atoms with Gasteiger partial charge in [-0.2, -0.15) is 0 Å². The second-order valence-electron chi connectivity index (χ2n) is 2.67. The first-order chi connectivity index (χ1) is 6.88. The van der Waals surface area contributed by atoms with Gasteiger partial charge in [0.15, 0.2) is 0 Å². The van der Waals surface area contributed by atoms with Crippen molar-refractivity contribution in [3.8, 4) is 5.75 Å². The maximum Gasteiger partial charge on any atom is 0.235 e. The minimum Gasteiger partial charge on any atom is -0.491 e. The van der Waals surface area contributed by atoms with E-state index in [-0.39, 0.29) is 12.4 Å². The van der Waals surface area contributed by atoms with Crippen LogP contribution in [0.3, 0.4) is 0 Å². The van der Waals surface area contributed by atoms with Gasteiger partial charge in [-0.05, 0) is 34.1 Å². The minimum atomic E-state index is -3.52. The summed E-state index contributed by atoms with van der Waals surface area (Å²) in [7, 11) is 1.51. The fourth-order valence-electron chi connectivity index (χ4n) is 0.839. The van der Waals surface area contributed by atoms with E-state index in [4.69, 9.17) is 27.0 Å². The van der Waals surface area contributed by atoms with Crippen LogP contribution in [0.4, 0.5) is 0 Å². The molecule has 3 nitrogen and oxygen atoms in total. The van der Waals surface area contributed by atoms with Crippen LogP contribution >= 0.6 is 38.2 Å². The molecule has 0 radical (unpaired) electrons. The Labute approximate surface area is 106 Å². The standard InChI is InChI=1S/C8H7BrCl2O3S/c9-7-2-1-6(10)5-8(7)14-3-4-15(11,12)13/h1-2,5H,3-4H2. The molecular weight excluding hydrogens is 327 g/mol. The molecule has 0 spiro atoms. The number of hydrogen-bond acceptors (Lipinski definition) is 3. The van der Waals surface area contributed by atoms with Gasteiger partial charge in [0.2, 0.25) is 9.05 Å². The van der Waals surface area contributed by atoms with E-state index < -0.39 is 9.05 Å². The zero-order chi connectivity index (χ0) is 11.5. The molecule has 0 atom stereocenters. The van der Waals surface area contributed by atoms with Gasteiger partial charge in [-0.3, -0.25) is 0 Å². The molecule has 15 heavy (non-hydrogen) atoms. The van der Waals surface area contributed by atoms with E-state index in [9.17, 15) is 8.42 Å². The summed E-state index contributed by atoms with van der Waals surface area (Å²) >= 11 is 8.99. The number of ether oxygens (including phenoxy) is 1. The van der Waals surface area contributed by atoms with Gasteiger partial charge in [-0.15, -0.1) is 0 Å². The van der Waals surface area contributed by atoms with E-state index >= 15 is 0 Å². The van der Waals surface area contributed by atoms with Crippen molar-refractivity contribution >= 4 is 47.3 Å². The Hall–Kier alpha value is 0.0300. The van der Waals surface area contributed by atoms with Crippen LogP contribution in [0.25, 0.3) is 0 Å².